The highest BCUT2D eigenvalue weighted by Gasteiger charge is 2.21. The van der Waals surface area contributed by atoms with Crippen molar-refractivity contribution in [3.8, 4) is 0 Å². The number of hydrogen-bond acceptors (Lipinski definition) is 2. The Kier molecular flexibility index (Phi) is 5.79. The van der Waals surface area contributed by atoms with Crippen molar-refractivity contribution in [3.05, 3.63) is 0 Å². The highest BCUT2D eigenvalue weighted by molar-refractivity contribution is 4.76. The van der Waals surface area contributed by atoms with Crippen LogP contribution in [0.15, 0.2) is 0 Å². The molecule has 1 saturated heterocycles. The van der Waals surface area contributed by atoms with Crippen molar-refractivity contribution >= 4 is 0 Å². The quantitative estimate of drug-likeness (QED) is 0.686. The van der Waals surface area contributed by atoms with Gasteiger partial charge in [0.2, 0.25) is 0 Å². The molecule has 1 atom stereocenters. The van der Waals surface area contributed by atoms with Crippen LogP contribution >= 0.6 is 0 Å². The Morgan fingerprint density at radius 1 is 1.18 bits per heavy atom. The van der Waals surface area contributed by atoms with Crippen molar-refractivity contribution in [1.29, 1.82) is 0 Å². The maximum absolute atomic E-state index is 3.72. The third-order valence-corrected chi connectivity index (χ3v) is 4.51. The fraction of sp³-hybridized carbons (Fsp3) is 1.00. The van der Waals surface area contributed by atoms with Gasteiger partial charge in [0, 0.05) is 12.6 Å². The smallest absolute Gasteiger partial charge is 0.00670 e. The Labute approximate surface area is 107 Å². The average molecular weight is 238 g/mol. The van der Waals surface area contributed by atoms with Crippen molar-refractivity contribution in [2.45, 2.75) is 64.3 Å². The summed E-state index contributed by atoms with van der Waals surface area (Å²) in [6.07, 6.45) is 11.3. The van der Waals surface area contributed by atoms with Crippen LogP contribution in [0.25, 0.3) is 0 Å². The second-order valence-corrected chi connectivity index (χ2v) is 6.03. The van der Waals surface area contributed by atoms with Crippen LogP contribution in [0.2, 0.25) is 0 Å². The van der Waals surface area contributed by atoms with E-state index in [0.29, 0.717) is 0 Å². The molecule has 1 N–H and O–H groups in total. The molecular formula is C15H30N2. The molecule has 0 aromatic carbocycles. The summed E-state index contributed by atoms with van der Waals surface area (Å²) >= 11 is 0. The second-order valence-electron chi connectivity index (χ2n) is 6.03. The van der Waals surface area contributed by atoms with Crippen LogP contribution in [0.4, 0.5) is 0 Å². The molecule has 2 fully saturated rings. The Morgan fingerprint density at radius 3 is 2.76 bits per heavy atom. The second kappa shape index (κ2) is 7.38. The van der Waals surface area contributed by atoms with Gasteiger partial charge in [-0.3, -0.25) is 0 Å². The van der Waals surface area contributed by atoms with Gasteiger partial charge in [0.25, 0.3) is 0 Å². The van der Waals surface area contributed by atoms with Crippen molar-refractivity contribution in [2.24, 2.45) is 5.92 Å². The Bertz CT molecular complexity index is 199. The molecule has 0 spiro atoms. The molecule has 100 valence electrons. The minimum atomic E-state index is 0.849. The number of nitrogens with zero attached hydrogens (tertiary/aromatic N) is 1. The maximum atomic E-state index is 3.72. The summed E-state index contributed by atoms with van der Waals surface area (Å²) in [5, 5.41) is 3.72. The summed E-state index contributed by atoms with van der Waals surface area (Å²) in [6, 6.07) is 0.849. The lowest BCUT2D eigenvalue weighted by atomic mass is 10.0. The highest BCUT2D eigenvalue weighted by atomic mass is 15.1. The fourth-order valence-corrected chi connectivity index (χ4v) is 3.50. The fourth-order valence-electron chi connectivity index (χ4n) is 3.50. The maximum Gasteiger partial charge on any atom is 0.00670 e. The SMILES string of the molecule is CCCC1CCN(CCCNC2CCCC2)C1. The van der Waals surface area contributed by atoms with E-state index < -0.39 is 0 Å². The Balaban J connectivity index is 1.48. The van der Waals surface area contributed by atoms with Crippen LogP contribution in [0.1, 0.15) is 58.3 Å². The molecule has 2 aliphatic rings. The van der Waals surface area contributed by atoms with Gasteiger partial charge in [-0.25, -0.2) is 0 Å². The van der Waals surface area contributed by atoms with E-state index in [9.17, 15) is 0 Å². The van der Waals surface area contributed by atoms with Gasteiger partial charge < -0.3 is 10.2 Å². The summed E-state index contributed by atoms with van der Waals surface area (Å²) in [4.78, 5) is 2.68. The van der Waals surface area contributed by atoms with E-state index in [1.54, 1.807) is 0 Å². The van der Waals surface area contributed by atoms with E-state index in [4.69, 9.17) is 0 Å². The van der Waals surface area contributed by atoms with Crippen molar-refractivity contribution < 1.29 is 0 Å². The van der Waals surface area contributed by atoms with Crippen LogP contribution in [-0.2, 0) is 0 Å². The molecule has 2 nitrogen and oxygen atoms in total. The first kappa shape index (κ1) is 13.4. The first-order chi connectivity index (χ1) is 8.38. The molecule has 0 amide bonds. The highest BCUT2D eigenvalue weighted by Crippen LogP contribution is 2.21. The minimum absolute atomic E-state index is 0.849. The summed E-state index contributed by atoms with van der Waals surface area (Å²) in [7, 11) is 0. The molecule has 1 aliphatic heterocycles. The number of hydrogen-bond donors (Lipinski definition) is 1. The molecular weight excluding hydrogens is 208 g/mol. The van der Waals surface area contributed by atoms with E-state index in [-0.39, 0.29) is 0 Å². The zero-order valence-electron chi connectivity index (χ0n) is 11.6. The molecule has 0 aromatic heterocycles. The van der Waals surface area contributed by atoms with Gasteiger partial charge in [0.15, 0.2) is 0 Å². The molecule has 1 unspecified atom stereocenters. The average Bonchev–Trinajstić information content (AvgIpc) is 2.96. The molecule has 2 heteroatoms. The lowest BCUT2D eigenvalue weighted by molar-refractivity contribution is 0.311. The van der Waals surface area contributed by atoms with Crippen LogP contribution in [0.5, 0.6) is 0 Å². The predicted octanol–water partition coefficient (Wildman–Crippen LogP) is 3.03. The third kappa shape index (κ3) is 4.59. The summed E-state index contributed by atoms with van der Waals surface area (Å²) in [5.74, 6) is 1.00. The van der Waals surface area contributed by atoms with Gasteiger partial charge in [-0.1, -0.05) is 26.2 Å². The topological polar surface area (TPSA) is 15.3 Å². The van der Waals surface area contributed by atoms with Gasteiger partial charge in [-0.15, -0.1) is 0 Å². The van der Waals surface area contributed by atoms with E-state index in [1.165, 1.54) is 77.5 Å². The predicted molar refractivity (Wildman–Crippen MR) is 74.3 cm³/mol. The normalized spacial score (nSPS) is 27.0. The largest absolute Gasteiger partial charge is 0.314 e. The van der Waals surface area contributed by atoms with E-state index >= 15 is 0 Å². The summed E-state index contributed by atoms with van der Waals surface area (Å²) in [6.45, 7) is 7.60. The molecule has 1 heterocycles. The lowest BCUT2D eigenvalue weighted by Gasteiger charge is -2.17. The Morgan fingerprint density at radius 2 is 2.00 bits per heavy atom. The van der Waals surface area contributed by atoms with Gasteiger partial charge >= 0.3 is 0 Å². The summed E-state index contributed by atoms with van der Waals surface area (Å²) in [5.41, 5.74) is 0. The van der Waals surface area contributed by atoms with Gasteiger partial charge in [0.05, 0.1) is 0 Å². The van der Waals surface area contributed by atoms with Crippen LogP contribution in [0.3, 0.4) is 0 Å². The lowest BCUT2D eigenvalue weighted by Crippen LogP contribution is -2.30. The van der Waals surface area contributed by atoms with Crippen LogP contribution in [-0.4, -0.2) is 37.1 Å². The molecule has 17 heavy (non-hydrogen) atoms. The number of rotatable bonds is 7. The zero-order valence-corrected chi connectivity index (χ0v) is 11.6. The van der Waals surface area contributed by atoms with Gasteiger partial charge in [-0.05, 0) is 57.7 Å². The number of likely N-dealkylation sites (tertiary alicyclic amines) is 1. The van der Waals surface area contributed by atoms with Crippen molar-refractivity contribution in [2.75, 3.05) is 26.2 Å². The minimum Gasteiger partial charge on any atom is -0.314 e. The van der Waals surface area contributed by atoms with Crippen LogP contribution in [0, 0.1) is 5.92 Å². The monoisotopic (exact) mass is 238 g/mol. The Hall–Kier alpha value is -0.0800. The zero-order chi connectivity index (χ0) is 11.9. The van der Waals surface area contributed by atoms with Crippen molar-refractivity contribution in [1.82, 2.24) is 10.2 Å². The molecule has 1 aliphatic carbocycles. The first-order valence-corrected chi connectivity index (χ1v) is 7.84. The molecule has 0 aromatic rings. The number of nitrogens with one attached hydrogen (secondary N) is 1. The van der Waals surface area contributed by atoms with Gasteiger partial charge in [-0.2, -0.15) is 0 Å². The van der Waals surface area contributed by atoms with E-state index in [1.807, 2.05) is 0 Å². The standard InChI is InChI=1S/C15H30N2/c1-2-6-14-9-12-17(13-14)11-5-10-16-15-7-3-4-8-15/h14-16H,2-13H2,1H3. The third-order valence-electron chi connectivity index (χ3n) is 4.51. The molecule has 0 radical (unpaired) electrons. The molecule has 1 saturated carbocycles. The molecule has 2 rings (SSSR count). The first-order valence-electron chi connectivity index (χ1n) is 7.84. The molecule has 0 bridgehead atoms. The van der Waals surface area contributed by atoms with Gasteiger partial charge in [0.1, 0.15) is 0 Å². The van der Waals surface area contributed by atoms with Crippen molar-refractivity contribution in [3.63, 3.8) is 0 Å². The van der Waals surface area contributed by atoms with E-state index in [2.05, 4.69) is 17.1 Å². The van der Waals surface area contributed by atoms with Crippen LogP contribution < -0.4 is 5.32 Å². The van der Waals surface area contributed by atoms with E-state index in [0.717, 1.165) is 12.0 Å². The summed E-state index contributed by atoms with van der Waals surface area (Å²) < 4.78 is 0.